The third-order valence-corrected chi connectivity index (χ3v) is 7.19. The lowest BCUT2D eigenvalue weighted by Gasteiger charge is -2.29. The van der Waals surface area contributed by atoms with Crippen molar-refractivity contribution in [2.75, 3.05) is 19.6 Å². The largest absolute Gasteiger partial charge is 0.534 e. The molecule has 3 aromatic carbocycles. The number of hydrogen-bond donors (Lipinski definition) is 1. The minimum Gasteiger partial charge on any atom is -0.391 e. The lowest BCUT2D eigenvalue weighted by atomic mass is 9.99. The summed E-state index contributed by atoms with van der Waals surface area (Å²) in [5, 5.41) is 5.81. The first-order chi connectivity index (χ1) is 17.2. The summed E-state index contributed by atoms with van der Waals surface area (Å²) in [7, 11) is -5.67. The average Bonchev–Trinajstić information content (AvgIpc) is 2.84. The molecule has 1 aliphatic heterocycles. The molecule has 0 saturated carbocycles. The smallest absolute Gasteiger partial charge is 0.391 e. The minimum atomic E-state index is -5.67. The Morgan fingerprint density at radius 1 is 0.972 bits per heavy atom. The third kappa shape index (κ3) is 6.79. The van der Waals surface area contributed by atoms with Gasteiger partial charge in [-0.2, -0.15) is 21.6 Å². The molecule has 0 unspecified atom stereocenters. The van der Waals surface area contributed by atoms with E-state index in [4.69, 9.17) is 0 Å². The van der Waals surface area contributed by atoms with Crippen molar-refractivity contribution in [1.29, 1.82) is 0 Å². The number of hydrogen-bond acceptors (Lipinski definition) is 5. The van der Waals surface area contributed by atoms with E-state index in [1.54, 1.807) is 6.07 Å². The molecule has 0 amide bonds. The van der Waals surface area contributed by atoms with E-state index in [0.29, 0.717) is 6.54 Å². The van der Waals surface area contributed by atoms with Gasteiger partial charge in [0.25, 0.3) is 0 Å². The summed E-state index contributed by atoms with van der Waals surface area (Å²) in [6, 6.07) is 19.1. The van der Waals surface area contributed by atoms with Gasteiger partial charge in [0.15, 0.2) is 0 Å². The molecule has 0 aliphatic carbocycles. The number of allylic oxidation sites excluding steroid dienone is 1. The van der Waals surface area contributed by atoms with Gasteiger partial charge in [0.05, 0.1) is 0 Å². The highest BCUT2D eigenvalue weighted by Crippen LogP contribution is 2.29. The lowest BCUT2D eigenvalue weighted by molar-refractivity contribution is -0.0500. The molecular weight excluding hydrogens is 489 g/mol. The summed E-state index contributed by atoms with van der Waals surface area (Å²) in [6.45, 7) is 3.12. The average molecular weight is 519 g/mol. The van der Waals surface area contributed by atoms with Crippen LogP contribution in [-0.2, 0) is 29.5 Å². The van der Waals surface area contributed by atoms with Crippen molar-refractivity contribution < 1.29 is 25.8 Å². The Morgan fingerprint density at radius 2 is 1.78 bits per heavy atom. The predicted octanol–water partition coefficient (Wildman–Crippen LogP) is 5.55. The van der Waals surface area contributed by atoms with Gasteiger partial charge < -0.3 is 9.50 Å². The van der Waals surface area contributed by atoms with Gasteiger partial charge in [-0.05, 0) is 78.0 Å². The fourth-order valence-corrected chi connectivity index (χ4v) is 4.75. The van der Waals surface area contributed by atoms with Gasteiger partial charge in [-0.3, -0.25) is 4.90 Å². The summed E-state index contributed by atoms with van der Waals surface area (Å²) in [5.41, 5.74) is -2.39. The highest BCUT2D eigenvalue weighted by atomic mass is 32.2. The second kappa shape index (κ2) is 11.3. The molecule has 36 heavy (non-hydrogen) atoms. The van der Waals surface area contributed by atoms with Crippen LogP contribution in [0.5, 0.6) is 5.75 Å². The Labute approximate surface area is 209 Å². The molecule has 0 spiro atoms. The maximum absolute atomic E-state index is 12.6. The lowest BCUT2D eigenvalue weighted by Crippen LogP contribution is -2.32. The van der Waals surface area contributed by atoms with Crippen molar-refractivity contribution in [1.82, 2.24) is 10.2 Å². The van der Waals surface area contributed by atoms with E-state index in [9.17, 15) is 21.6 Å². The van der Waals surface area contributed by atoms with E-state index in [2.05, 4.69) is 50.8 Å². The van der Waals surface area contributed by atoms with Gasteiger partial charge in [0.1, 0.15) is 5.75 Å². The molecule has 0 saturated heterocycles. The zero-order valence-electron chi connectivity index (χ0n) is 19.8. The van der Waals surface area contributed by atoms with Crippen molar-refractivity contribution in [3.8, 4) is 5.75 Å². The molecule has 3 aromatic rings. The van der Waals surface area contributed by atoms with Gasteiger partial charge in [-0.1, -0.05) is 54.6 Å². The molecule has 9 heteroatoms. The molecule has 1 aliphatic rings. The van der Waals surface area contributed by atoms with E-state index in [1.165, 1.54) is 28.5 Å². The normalized spacial score (nSPS) is 14.8. The van der Waals surface area contributed by atoms with E-state index < -0.39 is 15.6 Å². The first-order valence-electron chi connectivity index (χ1n) is 11.9. The molecule has 0 aromatic heterocycles. The number of benzene rings is 3. The van der Waals surface area contributed by atoms with Crippen molar-refractivity contribution in [3.63, 3.8) is 0 Å². The number of nitrogens with zero attached hydrogens (tertiary/aromatic N) is 1. The summed E-state index contributed by atoms with van der Waals surface area (Å²) in [5.74, 6) is -0.312. The number of halogens is 3. The quantitative estimate of drug-likeness (QED) is 0.217. The van der Waals surface area contributed by atoms with Crippen LogP contribution < -0.4 is 9.50 Å². The second-order valence-corrected chi connectivity index (χ2v) is 10.4. The molecule has 4 rings (SSSR count). The summed E-state index contributed by atoms with van der Waals surface area (Å²) >= 11 is 0. The van der Waals surface area contributed by atoms with E-state index >= 15 is 0 Å². The highest BCUT2D eigenvalue weighted by Gasteiger charge is 2.48. The van der Waals surface area contributed by atoms with Gasteiger partial charge >= 0.3 is 15.6 Å². The van der Waals surface area contributed by atoms with E-state index in [1.807, 2.05) is 18.3 Å². The van der Waals surface area contributed by atoms with Gasteiger partial charge in [0.2, 0.25) is 0 Å². The standard InChI is InChI=1S/C27H29F3N2O3S/c28-27(29,30)36(33,34)35-26-12-11-23-13-17-32(20-25(23)19-26)16-4-3-14-31-15-5-6-21-9-10-22-7-1-2-8-24(22)18-21/h1-2,5,7-12,15,18-19,31H,3-4,6,13-14,16-17,20H2/b15-5+. The number of rotatable bonds is 10. The van der Waals surface area contributed by atoms with E-state index in [0.717, 1.165) is 56.4 Å². The zero-order chi connectivity index (χ0) is 25.6. The maximum atomic E-state index is 12.6. The first-order valence-corrected chi connectivity index (χ1v) is 13.3. The molecule has 5 nitrogen and oxygen atoms in total. The van der Waals surface area contributed by atoms with Crippen LogP contribution in [0.1, 0.15) is 29.5 Å². The van der Waals surface area contributed by atoms with Crippen LogP contribution in [0.2, 0.25) is 0 Å². The maximum Gasteiger partial charge on any atom is 0.534 e. The molecule has 0 bridgehead atoms. The van der Waals surface area contributed by atoms with Crippen molar-refractivity contribution in [3.05, 3.63) is 89.6 Å². The predicted molar refractivity (Wildman–Crippen MR) is 135 cm³/mol. The first kappa shape index (κ1) is 26.0. The Morgan fingerprint density at radius 3 is 2.58 bits per heavy atom. The Balaban J connectivity index is 1.17. The Hall–Kier alpha value is -3.04. The van der Waals surface area contributed by atoms with Crippen LogP contribution in [-0.4, -0.2) is 38.5 Å². The van der Waals surface area contributed by atoms with Gasteiger partial charge in [-0.15, -0.1) is 0 Å². The fourth-order valence-electron chi connectivity index (χ4n) is 4.30. The van der Waals surface area contributed by atoms with Crippen LogP contribution in [0.4, 0.5) is 13.2 Å². The van der Waals surface area contributed by atoms with Crippen LogP contribution in [0, 0.1) is 0 Å². The topological polar surface area (TPSA) is 58.6 Å². The molecule has 1 N–H and O–H groups in total. The summed E-state index contributed by atoms with van der Waals surface area (Å²) < 4.78 is 64.6. The van der Waals surface area contributed by atoms with Crippen molar-refractivity contribution in [2.24, 2.45) is 0 Å². The second-order valence-electron chi connectivity index (χ2n) is 8.89. The van der Waals surface area contributed by atoms with Crippen LogP contribution >= 0.6 is 0 Å². The zero-order valence-corrected chi connectivity index (χ0v) is 20.6. The summed E-state index contributed by atoms with van der Waals surface area (Å²) in [4.78, 5) is 2.22. The number of nitrogens with one attached hydrogen (secondary N) is 1. The minimum absolute atomic E-state index is 0.312. The molecule has 0 atom stereocenters. The van der Waals surface area contributed by atoms with Gasteiger partial charge in [-0.25, -0.2) is 0 Å². The van der Waals surface area contributed by atoms with Crippen molar-refractivity contribution in [2.45, 2.75) is 37.7 Å². The molecule has 0 radical (unpaired) electrons. The number of fused-ring (bicyclic) bond motifs is 2. The van der Waals surface area contributed by atoms with E-state index in [-0.39, 0.29) is 5.75 Å². The summed E-state index contributed by atoms with van der Waals surface area (Å²) in [6.07, 6.45) is 7.68. The highest BCUT2D eigenvalue weighted by molar-refractivity contribution is 7.88. The fraction of sp³-hybridized carbons (Fsp3) is 0.333. The number of alkyl halides is 3. The monoisotopic (exact) mass is 518 g/mol. The Kier molecular flexibility index (Phi) is 8.21. The van der Waals surface area contributed by atoms with Gasteiger partial charge in [0, 0.05) is 19.6 Å². The van der Waals surface area contributed by atoms with Crippen LogP contribution in [0.15, 0.2) is 72.9 Å². The molecular formula is C27H29F3N2O3S. The van der Waals surface area contributed by atoms with Crippen LogP contribution in [0.25, 0.3) is 10.8 Å². The molecule has 1 heterocycles. The molecule has 192 valence electrons. The Bertz CT molecular complexity index is 1320. The SMILES string of the molecule is O=S(=O)(Oc1ccc2c(c1)CN(CCCCN/C=C/Cc1ccc3ccccc3c1)CC2)C(F)(F)F. The van der Waals surface area contributed by atoms with Crippen molar-refractivity contribution >= 4 is 20.9 Å². The molecule has 0 fully saturated rings. The van der Waals surface area contributed by atoms with Crippen LogP contribution in [0.3, 0.4) is 0 Å². The number of unbranched alkanes of at least 4 members (excludes halogenated alkanes) is 1. The third-order valence-electron chi connectivity index (χ3n) is 6.21.